The molecule has 0 radical (unpaired) electrons. The zero-order chi connectivity index (χ0) is 12.3. The summed E-state index contributed by atoms with van der Waals surface area (Å²) in [5.74, 6) is 0. The molecule has 2 rings (SSSR count). The first kappa shape index (κ1) is 12.4. The zero-order valence-electron chi connectivity index (χ0n) is 9.48. The summed E-state index contributed by atoms with van der Waals surface area (Å²) < 4.78 is 0. The fourth-order valence-electron chi connectivity index (χ4n) is 1.50. The van der Waals surface area contributed by atoms with Crippen LogP contribution in [0.1, 0.15) is 11.3 Å². The van der Waals surface area contributed by atoms with Crippen LogP contribution >= 0.6 is 23.4 Å². The molecule has 1 aromatic heterocycles. The fraction of sp³-hybridized carbons (Fsp3) is 0.154. The summed E-state index contributed by atoms with van der Waals surface area (Å²) in [6.45, 7) is 2.52. The molecule has 88 valence electrons. The molecule has 17 heavy (non-hydrogen) atoms. The maximum atomic E-state index is 5.85. The third kappa shape index (κ3) is 3.46. The summed E-state index contributed by atoms with van der Waals surface area (Å²) in [5.41, 5.74) is 7.74. The van der Waals surface area contributed by atoms with Gasteiger partial charge < -0.3 is 5.73 Å². The lowest BCUT2D eigenvalue weighted by atomic mass is 10.2. The monoisotopic (exact) mass is 264 g/mol. The molecule has 0 unspecified atom stereocenters. The van der Waals surface area contributed by atoms with E-state index in [0.717, 1.165) is 26.2 Å². The van der Waals surface area contributed by atoms with Crippen molar-refractivity contribution < 1.29 is 0 Å². The molecular weight excluding hydrogens is 252 g/mol. The predicted molar refractivity (Wildman–Crippen MR) is 72.4 cm³/mol. The SMILES string of the molecule is Cc1cc(CN)cc(Sc2ccc(Cl)cc2)n1. The van der Waals surface area contributed by atoms with E-state index >= 15 is 0 Å². The summed E-state index contributed by atoms with van der Waals surface area (Å²) in [5, 5.41) is 1.71. The quantitative estimate of drug-likeness (QED) is 0.920. The van der Waals surface area contributed by atoms with Gasteiger partial charge in [-0.25, -0.2) is 4.98 Å². The average Bonchev–Trinajstić information content (AvgIpc) is 2.31. The van der Waals surface area contributed by atoms with E-state index < -0.39 is 0 Å². The van der Waals surface area contributed by atoms with E-state index in [2.05, 4.69) is 4.98 Å². The smallest absolute Gasteiger partial charge is 0.101 e. The normalized spacial score (nSPS) is 10.5. The van der Waals surface area contributed by atoms with Gasteiger partial charge in [0.2, 0.25) is 0 Å². The maximum Gasteiger partial charge on any atom is 0.101 e. The topological polar surface area (TPSA) is 38.9 Å². The Labute approximate surface area is 110 Å². The van der Waals surface area contributed by atoms with E-state index in [0.29, 0.717) is 6.54 Å². The largest absolute Gasteiger partial charge is 0.326 e. The van der Waals surface area contributed by atoms with Crippen LogP contribution in [0, 0.1) is 6.92 Å². The van der Waals surface area contributed by atoms with E-state index in [1.807, 2.05) is 43.3 Å². The lowest BCUT2D eigenvalue weighted by molar-refractivity contribution is 0.987. The molecule has 0 saturated carbocycles. The molecule has 1 aromatic carbocycles. The first-order chi connectivity index (χ1) is 8.17. The first-order valence-corrected chi connectivity index (χ1v) is 6.48. The van der Waals surface area contributed by atoms with Gasteiger partial charge in [0.05, 0.1) is 0 Å². The van der Waals surface area contributed by atoms with Gasteiger partial charge in [0.25, 0.3) is 0 Å². The molecule has 0 aliphatic heterocycles. The Balaban J connectivity index is 2.23. The Hall–Kier alpha value is -1.03. The van der Waals surface area contributed by atoms with Gasteiger partial charge in [0.1, 0.15) is 5.03 Å². The van der Waals surface area contributed by atoms with Crippen LogP contribution in [0.25, 0.3) is 0 Å². The Bertz CT molecular complexity index is 511. The number of pyridine rings is 1. The third-order valence-electron chi connectivity index (χ3n) is 2.26. The summed E-state index contributed by atoms with van der Waals surface area (Å²) in [6.07, 6.45) is 0. The van der Waals surface area contributed by atoms with Crippen molar-refractivity contribution in [2.24, 2.45) is 5.73 Å². The number of aromatic nitrogens is 1. The Morgan fingerprint density at radius 2 is 1.94 bits per heavy atom. The second-order valence-electron chi connectivity index (χ2n) is 3.72. The molecule has 1 heterocycles. The molecule has 0 saturated heterocycles. The van der Waals surface area contributed by atoms with Gasteiger partial charge in [0, 0.05) is 22.2 Å². The molecule has 0 aliphatic carbocycles. The lowest BCUT2D eigenvalue weighted by Crippen LogP contribution is -1.98. The maximum absolute atomic E-state index is 5.85. The second kappa shape index (κ2) is 5.54. The van der Waals surface area contributed by atoms with Gasteiger partial charge >= 0.3 is 0 Å². The van der Waals surface area contributed by atoms with Crippen molar-refractivity contribution in [3.05, 3.63) is 52.7 Å². The first-order valence-electron chi connectivity index (χ1n) is 5.28. The van der Waals surface area contributed by atoms with Gasteiger partial charge in [-0.15, -0.1) is 0 Å². The molecule has 4 heteroatoms. The summed E-state index contributed by atoms with van der Waals surface area (Å²) >= 11 is 7.46. The highest BCUT2D eigenvalue weighted by atomic mass is 35.5. The summed E-state index contributed by atoms with van der Waals surface area (Å²) in [4.78, 5) is 5.59. The summed E-state index contributed by atoms with van der Waals surface area (Å²) in [6, 6.07) is 11.8. The fourth-order valence-corrected chi connectivity index (χ4v) is 2.54. The van der Waals surface area contributed by atoms with E-state index in [9.17, 15) is 0 Å². The van der Waals surface area contributed by atoms with Crippen molar-refractivity contribution in [1.82, 2.24) is 4.98 Å². The number of aryl methyl sites for hydroxylation is 1. The van der Waals surface area contributed by atoms with Crippen LogP contribution < -0.4 is 5.73 Å². The van der Waals surface area contributed by atoms with E-state index in [1.165, 1.54) is 0 Å². The number of benzene rings is 1. The van der Waals surface area contributed by atoms with Gasteiger partial charge in [-0.05, 0) is 48.9 Å². The van der Waals surface area contributed by atoms with Crippen LogP contribution in [-0.4, -0.2) is 4.98 Å². The number of nitrogens with two attached hydrogens (primary N) is 1. The Kier molecular flexibility index (Phi) is 4.05. The van der Waals surface area contributed by atoms with Gasteiger partial charge in [-0.2, -0.15) is 0 Å². The molecule has 0 aliphatic rings. The highest BCUT2D eigenvalue weighted by Crippen LogP contribution is 2.27. The van der Waals surface area contributed by atoms with Gasteiger partial charge in [-0.3, -0.25) is 0 Å². The van der Waals surface area contributed by atoms with Crippen molar-refractivity contribution in [2.75, 3.05) is 0 Å². The van der Waals surface area contributed by atoms with Crippen molar-refractivity contribution in [3.63, 3.8) is 0 Å². The van der Waals surface area contributed by atoms with Gasteiger partial charge in [-0.1, -0.05) is 23.4 Å². The van der Waals surface area contributed by atoms with Crippen molar-refractivity contribution in [3.8, 4) is 0 Å². The van der Waals surface area contributed by atoms with Crippen LogP contribution in [0.15, 0.2) is 46.3 Å². The molecule has 0 bridgehead atoms. The highest BCUT2D eigenvalue weighted by Gasteiger charge is 2.02. The third-order valence-corrected chi connectivity index (χ3v) is 3.44. The number of halogens is 1. The molecule has 2 nitrogen and oxygen atoms in total. The average molecular weight is 265 g/mol. The lowest BCUT2D eigenvalue weighted by Gasteiger charge is -2.05. The molecule has 0 amide bonds. The predicted octanol–water partition coefficient (Wildman–Crippen LogP) is 3.65. The molecule has 0 spiro atoms. The number of nitrogens with zero attached hydrogens (tertiary/aromatic N) is 1. The van der Waals surface area contributed by atoms with Crippen LogP contribution in [0.4, 0.5) is 0 Å². The molecule has 0 fully saturated rings. The zero-order valence-corrected chi connectivity index (χ0v) is 11.1. The van der Waals surface area contributed by atoms with Crippen LogP contribution in [0.2, 0.25) is 5.02 Å². The van der Waals surface area contributed by atoms with Crippen molar-refractivity contribution in [2.45, 2.75) is 23.4 Å². The Morgan fingerprint density at radius 1 is 1.24 bits per heavy atom. The molecule has 2 aromatic rings. The minimum Gasteiger partial charge on any atom is -0.326 e. The summed E-state index contributed by atoms with van der Waals surface area (Å²) in [7, 11) is 0. The highest BCUT2D eigenvalue weighted by molar-refractivity contribution is 7.99. The second-order valence-corrected chi connectivity index (χ2v) is 5.25. The van der Waals surface area contributed by atoms with Gasteiger partial charge in [0.15, 0.2) is 0 Å². The van der Waals surface area contributed by atoms with E-state index in [1.54, 1.807) is 11.8 Å². The number of hydrogen-bond donors (Lipinski definition) is 1. The van der Waals surface area contributed by atoms with E-state index in [-0.39, 0.29) is 0 Å². The molecule has 0 atom stereocenters. The minimum absolute atomic E-state index is 0.539. The van der Waals surface area contributed by atoms with Crippen LogP contribution in [0.3, 0.4) is 0 Å². The minimum atomic E-state index is 0.539. The van der Waals surface area contributed by atoms with Crippen molar-refractivity contribution >= 4 is 23.4 Å². The molecule has 2 N–H and O–H groups in total. The van der Waals surface area contributed by atoms with Crippen LogP contribution in [0.5, 0.6) is 0 Å². The standard InChI is InChI=1S/C13H13ClN2S/c1-9-6-10(8-15)7-13(16-9)17-12-4-2-11(14)3-5-12/h2-7H,8,15H2,1H3. The molecular formula is C13H13ClN2S. The van der Waals surface area contributed by atoms with Crippen molar-refractivity contribution in [1.29, 1.82) is 0 Å². The number of rotatable bonds is 3. The number of hydrogen-bond acceptors (Lipinski definition) is 3. The van der Waals surface area contributed by atoms with Crippen LogP contribution in [-0.2, 0) is 6.54 Å². The Morgan fingerprint density at radius 3 is 2.59 bits per heavy atom. The van der Waals surface area contributed by atoms with E-state index in [4.69, 9.17) is 17.3 Å².